The van der Waals surface area contributed by atoms with Crippen LogP contribution in [0.3, 0.4) is 0 Å². The summed E-state index contributed by atoms with van der Waals surface area (Å²) >= 11 is 0. The van der Waals surface area contributed by atoms with Crippen molar-refractivity contribution in [1.29, 1.82) is 0 Å². The van der Waals surface area contributed by atoms with Gasteiger partial charge >= 0.3 is 0 Å². The molecule has 0 bridgehead atoms. The first-order valence-electron chi connectivity index (χ1n) is 6.38. The molecule has 1 heterocycles. The van der Waals surface area contributed by atoms with Crippen LogP contribution in [-0.2, 0) is 11.8 Å². The molecule has 1 aliphatic rings. The number of rotatable bonds is 5. The zero-order chi connectivity index (χ0) is 12.4. The van der Waals surface area contributed by atoms with Gasteiger partial charge in [-0.2, -0.15) is 4.98 Å². The second kappa shape index (κ2) is 4.53. The Kier molecular flexibility index (Phi) is 2.88. The third-order valence-electron chi connectivity index (χ3n) is 3.55. The van der Waals surface area contributed by atoms with Crippen molar-refractivity contribution in [1.82, 2.24) is 15.5 Å². The highest BCUT2D eigenvalue weighted by Gasteiger charge is 2.50. The highest BCUT2D eigenvalue weighted by atomic mass is 16.5. The topological polar surface area (TPSA) is 51.0 Å². The van der Waals surface area contributed by atoms with E-state index in [1.807, 2.05) is 13.1 Å². The van der Waals surface area contributed by atoms with Crippen LogP contribution >= 0.6 is 0 Å². The lowest BCUT2D eigenvalue weighted by atomic mass is 9.96. The van der Waals surface area contributed by atoms with Gasteiger partial charge in [0.15, 0.2) is 5.82 Å². The quantitative estimate of drug-likeness (QED) is 0.871. The van der Waals surface area contributed by atoms with Gasteiger partial charge in [-0.1, -0.05) is 35.5 Å². The summed E-state index contributed by atoms with van der Waals surface area (Å²) in [5, 5.41) is 7.15. The van der Waals surface area contributed by atoms with Crippen molar-refractivity contribution in [3.8, 4) is 0 Å². The van der Waals surface area contributed by atoms with Gasteiger partial charge in [0.05, 0.1) is 5.41 Å². The van der Waals surface area contributed by atoms with E-state index < -0.39 is 0 Å². The average molecular weight is 243 g/mol. The fourth-order valence-electron chi connectivity index (χ4n) is 2.29. The van der Waals surface area contributed by atoms with E-state index in [-0.39, 0.29) is 5.41 Å². The molecule has 1 saturated carbocycles. The zero-order valence-electron chi connectivity index (χ0n) is 10.5. The van der Waals surface area contributed by atoms with Crippen molar-refractivity contribution in [3.05, 3.63) is 47.6 Å². The van der Waals surface area contributed by atoms with E-state index in [0.717, 1.165) is 37.5 Å². The van der Waals surface area contributed by atoms with Crippen LogP contribution in [0.15, 0.2) is 34.9 Å². The molecule has 0 spiro atoms. The van der Waals surface area contributed by atoms with E-state index in [4.69, 9.17) is 4.52 Å². The van der Waals surface area contributed by atoms with Crippen LogP contribution in [0.5, 0.6) is 0 Å². The van der Waals surface area contributed by atoms with E-state index in [9.17, 15) is 0 Å². The first kappa shape index (κ1) is 11.4. The fraction of sp³-hybridized carbons (Fsp3) is 0.429. The molecule has 3 rings (SSSR count). The van der Waals surface area contributed by atoms with E-state index in [0.29, 0.717) is 0 Å². The lowest BCUT2D eigenvalue weighted by molar-refractivity contribution is 0.355. The number of aromatic nitrogens is 2. The predicted octanol–water partition coefficient (Wildman–Crippen LogP) is 1.91. The summed E-state index contributed by atoms with van der Waals surface area (Å²) in [5.41, 5.74) is 1.28. The average Bonchev–Trinajstić information content (AvgIpc) is 3.10. The molecule has 0 amide bonds. The lowest BCUT2D eigenvalue weighted by Crippen LogP contribution is -2.12. The van der Waals surface area contributed by atoms with Crippen LogP contribution < -0.4 is 5.32 Å². The van der Waals surface area contributed by atoms with Crippen LogP contribution in [-0.4, -0.2) is 23.7 Å². The minimum atomic E-state index is -0.00778. The summed E-state index contributed by atoms with van der Waals surface area (Å²) < 4.78 is 5.45. The molecule has 1 N–H and O–H groups in total. The van der Waals surface area contributed by atoms with Crippen LogP contribution in [0, 0.1) is 0 Å². The molecule has 1 aliphatic carbocycles. The first-order chi connectivity index (χ1) is 8.85. The molecular formula is C14H17N3O. The first-order valence-corrected chi connectivity index (χ1v) is 6.38. The Hall–Kier alpha value is -1.68. The van der Waals surface area contributed by atoms with Gasteiger partial charge in [-0.3, -0.25) is 0 Å². The maximum atomic E-state index is 5.45. The normalized spacial score (nSPS) is 16.7. The number of hydrogen-bond donors (Lipinski definition) is 1. The summed E-state index contributed by atoms with van der Waals surface area (Å²) in [6.45, 7) is 0.872. The fourth-order valence-corrected chi connectivity index (χ4v) is 2.29. The summed E-state index contributed by atoms with van der Waals surface area (Å²) in [7, 11) is 1.92. The summed E-state index contributed by atoms with van der Waals surface area (Å²) in [6, 6.07) is 10.4. The number of hydrogen-bond acceptors (Lipinski definition) is 4. The van der Waals surface area contributed by atoms with Crippen LogP contribution in [0.25, 0.3) is 0 Å². The molecule has 1 aromatic heterocycles. The number of nitrogens with zero attached hydrogens (tertiary/aromatic N) is 2. The van der Waals surface area contributed by atoms with Crippen molar-refractivity contribution in [3.63, 3.8) is 0 Å². The molecular weight excluding hydrogens is 226 g/mol. The molecule has 0 unspecified atom stereocenters. The minimum Gasteiger partial charge on any atom is -0.338 e. The molecule has 0 atom stereocenters. The SMILES string of the molecule is CNCCc1noc(C2(c3ccccc3)CC2)n1. The molecule has 0 radical (unpaired) electrons. The van der Waals surface area contributed by atoms with E-state index in [2.05, 4.69) is 39.7 Å². The van der Waals surface area contributed by atoms with Crippen LogP contribution in [0.1, 0.15) is 30.1 Å². The van der Waals surface area contributed by atoms with Gasteiger partial charge in [-0.25, -0.2) is 0 Å². The molecule has 94 valence electrons. The zero-order valence-corrected chi connectivity index (χ0v) is 10.5. The van der Waals surface area contributed by atoms with Gasteiger partial charge in [0, 0.05) is 13.0 Å². The third-order valence-corrected chi connectivity index (χ3v) is 3.55. The van der Waals surface area contributed by atoms with Gasteiger partial charge in [0.1, 0.15) is 0 Å². The Morgan fingerprint density at radius 1 is 1.28 bits per heavy atom. The number of nitrogens with one attached hydrogen (secondary N) is 1. The van der Waals surface area contributed by atoms with Crippen molar-refractivity contribution in [2.24, 2.45) is 0 Å². The van der Waals surface area contributed by atoms with Crippen LogP contribution in [0.2, 0.25) is 0 Å². The highest BCUT2D eigenvalue weighted by molar-refractivity contribution is 5.37. The molecule has 1 aromatic carbocycles. The second-order valence-electron chi connectivity index (χ2n) is 4.82. The lowest BCUT2D eigenvalue weighted by Gasteiger charge is -2.09. The van der Waals surface area contributed by atoms with Gasteiger partial charge in [-0.05, 0) is 25.5 Å². The third kappa shape index (κ3) is 1.93. The van der Waals surface area contributed by atoms with Crippen LogP contribution in [0.4, 0.5) is 0 Å². The Morgan fingerprint density at radius 2 is 2.06 bits per heavy atom. The Bertz CT molecular complexity index is 517. The van der Waals surface area contributed by atoms with Gasteiger partial charge in [-0.15, -0.1) is 0 Å². The predicted molar refractivity (Wildman–Crippen MR) is 68.4 cm³/mol. The molecule has 4 nitrogen and oxygen atoms in total. The van der Waals surface area contributed by atoms with E-state index in [1.54, 1.807) is 0 Å². The molecule has 4 heteroatoms. The van der Waals surface area contributed by atoms with Gasteiger partial charge in [0.25, 0.3) is 0 Å². The maximum Gasteiger partial charge on any atom is 0.237 e. The standard InChI is InChI=1S/C14H17N3O/c1-15-10-7-12-16-13(18-17-12)14(8-9-14)11-5-3-2-4-6-11/h2-6,15H,7-10H2,1H3. The molecule has 18 heavy (non-hydrogen) atoms. The van der Waals surface area contributed by atoms with Crippen molar-refractivity contribution in [2.45, 2.75) is 24.7 Å². The van der Waals surface area contributed by atoms with Gasteiger partial charge in [0.2, 0.25) is 5.89 Å². The highest BCUT2D eigenvalue weighted by Crippen LogP contribution is 2.52. The summed E-state index contributed by atoms with van der Waals surface area (Å²) in [5.74, 6) is 1.57. The molecule has 0 saturated heterocycles. The Balaban J connectivity index is 1.84. The van der Waals surface area contributed by atoms with Crippen molar-refractivity contribution >= 4 is 0 Å². The summed E-state index contributed by atoms with van der Waals surface area (Å²) in [4.78, 5) is 4.54. The largest absolute Gasteiger partial charge is 0.338 e. The monoisotopic (exact) mass is 243 g/mol. The number of benzene rings is 1. The smallest absolute Gasteiger partial charge is 0.237 e. The Labute approximate surface area is 106 Å². The minimum absolute atomic E-state index is 0.00778. The molecule has 2 aromatic rings. The van der Waals surface area contributed by atoms with Crippen molar-refractivity contribution < 1.29 is 4.52 Å². The van der Waals surface area contributed by atoms with Gasteiger partial charge < -0.3 is 9.84 Å². The van der Waals surface area contributed by atoms with E-state index in [1.165, 1.54) is 5.56 Å². The van der Waals surface area contributed by atoms with E-state index >= 15 is 0 Å². The summed E-state index contributed by atoms with van der Waals surface area (Å²) in [6.07, 6.45) is 3.01. The maximum absolute atomic E-state index is 5.45. The Morgan fingerprint density at radius 3 is 2.72 bits per heavy atom. The molecule has 1 fully saturated rings. The number of likely N-dealkylation sites (N-methyl/N-ethyl adjacent to an activating group) is 1. The second-order valence-corrected chi connectivity index (χ2v) is 4.82. The van der Waals surface area contributed by atoms with Crippen molar-refractivity contribution in [2.75, 3.05) is 13.6 Å². The molecule has 0 aliphatic heterocycles.